The van der Waals surface area contributed by atoms with Crippen LogP contribution in [0.5, 0.6) is 0 Å². The third kappa shape index (κ3) is 2.82. The summed E-state index contributed by atoms with van der Waals surface area (Å²) < 4.78 is 5.66. The van der Waals surface area contributed by atoms with Crippen LogP contribution in [0.4, 0.5) is 5.69 Å². The van der Waals surface area contributed by atoms with Gasteiger partial charge in [-0.15, -0.1) is 37.2 Å². The van der Waals surface area contributed by atoms with Gasteiger partial charge in [-0.2, -0.15) is 0 Å². The maximum absolute atomic E-state index is 6.02. The molecule has 0 aliphatic carbocycles. The van der Waals surface area contributed by atoms with Crippen molar-refractivity contribution in [2.45, 2.75) is 27.7 Å². The van der Waals surface area contributed by atoms with E-state index in [0.29, 0.717) is 0 Å². The van der Waals surface area contributed by atoms with E-state index in [1.165, 1.54) is 0 Å². The average molecular weight is 299 g/mol. The van der Waals surface area contributed by atoms with Gasteiger partial charge in [0, 0.05) is 11.1 Å². The summed E-state index contributed by atoms with van der Waals surface area (Å²) in [5.41, 5.74) is 11.3. The van der Waals surface area contributed by atoms with E-state index in [-0.39, 0.29) is 37.2 Å². The van der Waals surface area contributed by atoms with Crippen molar-refractivity contribution in [3.05, 3.63) is 28.5 Å². The molecule has 17 heavy (non-hydrogen) atoms. The van der Waals surface area contributed by atoms with Crippen molar-refractivity contribution in [1.82, 2.24) is 0 Å². The summed E-state index contributed by atoms with van der Waals surface area (Å²) in [6, 6.07) is 2.05. The minimum absolute atomic E-state index is 0. The number of fused-ring (bicyclic) bond motifs is 1. The van der Waals surface area contributed by atoms with E-state index in [4.69, 9.17) is 10.2 Å². The number of nitrogen functional groups attached to an aromatic ring is 1. The van der Waals surface area contributed by atoms with Gasteiger partial charge in [0.1, 0.15) is 11.3 Å². The maximum Gasteiger partial charge on any atom is 0.137 e. The molecule has 0 fully saturated rings. The molecule has 2 N–H and O–H groups in total. The zero-order valence-electron chi connectivity index (χ0n) is 10.3. The zero-order chi connectivity index (χ0) is 10.5. The number of nitrogens with two attached hydrogens (primary N) is 1. The Hall–Kier alpha value is -0.570. The maximum atomic E-state index is 6.02. The lowest BCUT2D eigenvalue weighted by molar-refractivity contribution is 0.576. The van der Waals surface area contributed by atoms with Crippen LogP contribution in [-0.4, -0.2) is 0 Å². The first-order valence-corrected chi connectivity index (χ1v) is 4.77. The van der Waals surface area contributed by atoms with Gasteiger partial charge >= 0.3 is 0 Å². The molecule has 1 heterocycles. The van der Waals surface area contributed by atoms with Crippen molar-refractivity contribution in [2.24, 2.45) is 0 Å². The molecule has 0 atom stereocenters. The number of anilines is 1. The van der Waals surface area contributed by atoms with Gasteiger partial charge in [0.15, 0.2) is 0 Å². The van der Waals surface area contributed by atoms with Crippen molar-refractivity contribution >= 4 is 53.9 Å². The van der Waals surface area contributed by atoms with Gasteiger partial charge in [-0.05, 0) is 50.5 Å². The lowest BCUT2D eigenvalue weighted by atomic mass is 10.00. The molecule has 0 saturated carbocycles. The fraction of sp³-hybridized carbons (Fsp3) is 0.333. The number of hydrogen-bond donors (Lipinski definition) is 1. The lowest BCUT2D eigenvalue weighted by Crippen LogP contribution is -1.96. The normalized spacial score (nSPS) is 9.18. The topological polar surface area (TPSA) is 39.2 Å². The molecular weight excluding hydrogens is 280 g/mol. The Labute approximate surface area is 120 Å². The summed E-state index contributed by atoms with van der Waals surface area (Å²) in [6.07, 6.45) is 0. The molecule has 2 rings (SSSR count). The second-order valence-electron chi connectivity index (χ2n) is 3.89. The monoisotopic (exact) mass is 297 g/mol. The molecule has 0 aliphatic rings. The molecule has 0 unspecified atom stereocenters. The quantitative estimate of drug-likeness (QED) is 0.727. The molecule has 2 nitrogen and oxygen atoms in total. The highest BCUT2D eigenvalue weighted by Crippen LogP contribution is 2.32. The fourth-order valence-electron chi connectivity index (χ4n) is 1.87. The number of hydrogen-bond acceptors (Lipinski definition) is 2. The van der Waals surface area contributed by atoms with Crippen molar-refractivity contribution < 1.29 is 4.42 Å². The minimum atomic E-state index is 0. The van der Waals surface area contributed by atoms with E-state index in [9.17, 15) is 0 Å². The summed E-state index contributed by atoms with van der Waals surface area (Å²) in [4.78, 5) is 0. The van der Waals surface area contributed by atoms with E-state index in [0.717, 1.165) is 39.1 Å². The molecule has 2 aromatic rings. The van der Waals surface area contributed by atoms with Gasteiger partial charge in [-0.3, -0.25) is 0 Å². The highest BCUT2D eigenvalue weighted by Gasteiger charge is 2.12. The van der Waals surface area contributed by atoms with Crippen LogP contribution in [-0.2, 0) is 0 Å². The Balaban J connectivity index is 0. The zero-order valence-corrected chi connectivity index (χ0v) is 12.7. The van der Waals surface area contributed by atoms with Crippen LogP contribution in [0.15, 0.2) is 10.5 Å². The first-order chi connectivity index (χ1) is 6.52. The second-order valence-corrected chi connectivity index (χ2v) is 3.89. The first-order valence-electron chi connectivity index (χ1n) is 4.77. The Morgan fingerprint density at radius 1 is 0.882 bits per heavy atom. The SMILES string of the molecule is Cc1cc2c(C)c(N)c(C)c(C)c2o1.Cl.Cl.Cl. The first kappa shape index (κ1) is 18.8. The van der Waals surface area contributed by atoms with E-state index in [1.807, 2.05) is 26.8 Å². The van der Waals surface area contributed by atoms with Gasteiger partial charge in [0.25, 0.3) is 0 Å². The highest BCUT2D eigenvalue weighted by molar-refractivity contribution is 5.90. The van der Waals surface area contributed by atoms with Crippen LogP contribution in [0.2, 0.25) is 0 Å². The minimum Gasteiger partial charge on any atom is -0.461 e. The molecule has 0 bridgehead atoms. The van der Waals surface area contributed by atoms with Crippen molar-refractivity contribution in [2.75, 3.05) is 5.73 Å². The predicted octanol–water partition coefficient (Wildman–Crippen LogP) is 4.51. The van der Waals surface area contributed by atoms with Gasteiger partial charge in [0.2, 0.25) is 0 Å². The summed E-state index contributed by atoms with van der Waals surface area (Å²) in [7, 11) is 0. The number of aryl methyl sites for hydroxylation is 3. The summed E-state index contributed by atoms with van der Waals surface area (Å²) in [5, 5.41) is 1.14. The average Bonchev–Trinajstić information content (AvgIpc) is 2.54. The number of halogens is 3. The number of rotatable bonds is 0. The molecule has 0 radical (unpaired) electrons. The van der Waals surface area contributed by atoms with Crippen LogP contribution in [0.25, 0.3) is 11.0 Å². The Morgan fingerprint density at radius 3 is 1.94 bits per heavy atom. The third-order valence-corrected chi connectivity index (χ3v) is 2.97. The standard InChI is InChI=1S/C12H15NO.3ClH/c1-6-5-10-9(4)11(13)7(2)8(3)12(10)14-6;;;/h5H,13H2,1-4H3;3*1H. The van der Waals surface area contributed by atoms with Crippen molar-refractivity contribution in [1.29, 1.82) is 0 Å². The van der Waals surface area contributed by atoms with E-state index >= 15 is 0 Å². The molecule has 0 spiro atoms. The van der Waals surface area contributed by atoms with Gasteiger partial charge in [0.05, 0.1) is 0 Å². The molecule has 1 aromatic carbocycles. The summed E-state index contributed by atoms with van der Waals surface area (Å²) in [5.74, 6) is 0.941. The molecule has 1 aromatic heterocycles. The van der Waals surface area contributed by atoms with Crippen molar-refractivity contribution in [3.8, 4) is 0 Å². The van der Waals surface area contributed by atoms with E-state index in [1.54, 1.807) is 0 Å². The second kappa shape index (κ2) is 6.39. The Kier molecular flexibility index (Phi) is 7.06. The molecule has 98 valence electrons. The third-order valence-electron chi connectivity index (χ3n) is 2.97. The molecule has 5 heteroatoms. The van der Waals surface area contributed by atoms with Gasteiger partial charge in [-0.1, -0.05) is 0 Å². The fourth-order valence-corrected chi connectivity index (χ4v) is 1.87. The summed E-state index contributed by atoms with van der Waals surface area (Å²) >= 11 is 0. The summed E-state index contributed by atoms with van der Waals surface area (Å²) in [6.45, 7) is 8.09. The van der Waals surface area contributed by atoms with Crippen LogP contribution < -0.4 is 5.73 Å². The van der Waals surface area contributed by atoms with E-state index < -0.39 is 0 Å². The van der Waals surface area contributed by atoms with Crippen LogP contribution in [0.1, 0.15) is 22.5 Å². The van der Waals surface area contributed by atoms with Crippen molar-refractivity contribution in [3.63, 3.8) is 0 Å². The molecular formula is C12H18Cl3NO. The lowest BCUT2D eigenvalue weighted by Gasteiger charge is -2.08. The number of benzene rings is 1. The van der Waals surface area contributed by atoms with Crippen LogP contribution in [0.3, 0.4) is 0 Å². The van der Waals surface area contributed by atoms with Crippen LogP contribution in [0, 0.1) is 27.7 Å². The van der Waals surface area contributed by atoms with E-state index in [2.05, 4.69) is 6.92 Å². The largest absolute Gasteiger partial charge is 0.461 e. The van der Waals surface area contributed by atoms with Gasteiger partial charge in [-0.25, -0.2) is 0 Å². The Bertz CT molecular complexity index is 475. The molecule has 0 saturated heterocycles. The Morgan fingerprint density at radius 2 is 1.41 bits per heavy atom. The smallest absolute Gasteiger partial charge is 0.137 e. The molecule has 0 amide bonds. The number of furan rings is 1. The predicted molar refractivity (Wildman–Crippen MR) is 81.3 cm³/mol. The molecule has 0 aliphatic heterocycles. The van der Waals surface area contributed by atoms with Crippen LogP contribution >= 0.6 is 37.2 Å². The highest BCUT2D eigenvalue weighted by atomic mass is 35.5. The van der Waals surface area contributed by atoms with Gasteiger partial charge < -0.3 is 10.2 Å².